The van der Waals surface area contributed by atoms with Gasteiger partial charge in [-0.15, -0.1) is 0 Å². The molecule has 0 saturated heterocycles. The van der Waals surface area contributed by atoms with E-state index in [0.717, 1.165) is 6.20 Å². The van der Waals surface area contributed by atoms with Gasteiger partial charge in [-0.05, 0) is 0 Å². The molecule has 1 aromatic heterocycles. The van der Waals surface area contributed by atoms with Gasteiger partial charge in [0.15, 0.2) is 5.82 Å². The molecule has 0 saturated carbocycles. The van der Waals surface area contributed by atoms with E-state index in [1.807, 2.05) is 0 Å². The lowest BCUT2D eigenvalue weighted by atomic mass is 10.2. The van der Waals surface area contributed by atoms with Crippen LogP contribution in [0.25, 0.3) is 0 Å². The Kier molecular flexibility index (Phi) is 2.72. The molecule has 0 bridgehead atoms. The first-order valence-electron chi connectivity index (χ1n) is 3.39. The second-order valence-electron chi connectivity index (χ2n) is 2.35. The zero-order valence-electron chi connectivity index (χ0n) is 6.47. The number of aliphatic hydroxyl groups is 1. The molecular weight excluding hydrogens is 185 g/mol. The second-order valence-corrected chi connectivity index (χ2v) is 2.35. The summed E-state index contributed by atoms with van der Waals surface area (Å²) in [5.74, 6) is -1.21. The summed E-state index contributed by atoms with van der Waals surface area (Å²) in [5, 5.41) is 8.58. The van der Waals surface area contributed by atoms with Gasteiger partial charge in [-0.2, -0.15) is 0 Å². The van der Waals surface area contributed by atoms with E-state index in [9.17, 15) is 13.2 Å². The van der Waals surface area contributed by atoms with Crippen LogP contribution in [0.3, 0.4) is 0 Å². The summed E-state index contributed by atoms with van der Waals surface area (Å²) in [6.45, 7) is -0.739. The van der Waals surface area contributed by atoms with Crippen LogP contribution in [-0.4, -0.2) is 10.1 Å². The van der Waals surface area contributed by atoms with Gasteiger partial charge in [-0.25, -0.2) is 13.2 Å². The average molecular weight is 192 g/mol. The number of aromatic nitrogens is 1. The van der Waals surface area contributed by atoms with Crippen molar-refractivity contribution in [1.29, 1.82) is 0 Å². The molecule has 1 rings (SSSR count). The molecule has 0 amide bonds. The average Bonchev–Trinajstić information content (AvgIpc) is 2.08. The molecule has 0 aliphatic heterocycles. The summed E-state index contributed by atoms with van der Waals surface area (Å²) in [6, 6.07) is 0. The molecule has 72 valence electrons. The largest absolute Gasteiger partial charge is 0.395 e. The van der Waals surface area contributed by atoms with E-state index in [4.69, 9.17) is 10.8 Å². The van der Waals surface area contributed by atoms with Crippen molar-refractivity contribution in [3.8, 4) is 0 Å². The maximum atomic E-state index is 12.9. The monoisotopic (exact) mass is 192 g/mol. The van der Waals surface area contributed by atoms with Crippen LogP contribution in [0.5, 0.6) is 0 Å². The van der Waals surface area contributed by atoms with Crippen LogP contribution in [0.2, 0.25) is 0 Å². The van der Waals surface area contributed by atoms with E-state index >= 15 is 0 Å². The molecule has 0 aromatic carbocycles. The Bertz CT molecular complexity index is 317. The van der Waals surface area contributed by atoms with Gasteiger partial charge >= 0.3 is 0 Å². The number of nitrogen functional groups attached to an aromatic ring is 1. The molecule has 13 heavy (non-hydrogen) atoms. The zero-order chi connectivity index (χ0) is 10.0. The van der Waals surface area contributed by atoms with Crippen LogP contribution in [0.15, 0.2) is 6.20 Å². The molecule has 0 unspecified atom stereocenters. The van der Waals surface area contributed by atoms with Crippen LogP contribution in [0.4, 0.5) is 18.9 Å². The summed E-state index contributed by atoms with van der Waals surface area (Å²) in [4.78, 5) is 3.38. The first kappa shape index (κ1) is 9.79. The first-order valence-corrected chi connectivity index (χ1v) is 3.39. The zero-order valence-corrected chi connectivity index (χ0v) is 6.47. The quantitative estimate of drug-likeness (QED) is 0.740. The van der Waals surface area contributed by atoms with Crippen LogP contribution in [0, 0.1) is 5.82 Å². The van der Waals surface area contributed by atoms with E-state index in [2.05, 4.69) is 4.98 Å². The number of aliphatic hydroxyl groups excluding tert-OH is 1. The minimum atomic E-state index is -3.03. The predicted octanol–water partition coefficient (Wildman–Crippen LogP) is 1.23. The van der Waals surface area contributed by atoms with Crippen molar-refractivity contribution in [1.82, 2.24) is 4.98 Å². The highest BCUT2D eigenvalue weighted by Gasteiger charge is 2.20. The fourth-order valence-electron chi connectivity index (χ4n) is 0.904. The summed E-state index contributed by atoms with van der Waals surface area (Å²) in [6.07, 6.45) is -2.13. The molecule has 1 aromatic rings. The third kappa shape index (κ3) is 1.72. The fraction of sp³-hybridized carbons (Fsp3) is 0.286. The smallest absolute Gasteiger partial charge is 0.268 e. The van der Waals surface area contributed by atoms with Crippen molar-refractivity contribution in [2.24, 2.45) is 0 Å². The van der Waals surface area contributed by atoms with Gasteiger partial charge in [0.2, 0.25) is 0 Å². The summed E-state index contributed by atoms with van der Waals surface area (Å²) >= 11 is 0. The van der Waals surface area contributed by atoms with Gasteiger partial charge in [-0.1, -0.05) is 0 Å². The molecule has 0 spiro atoms. The highest BCUT2D eigenvalue weighted by Crippen LogP contribution is 2.27. The Morgan fingerprint density at radius 3 is 2.62 bits per heavy atom. The Labute approximate surface area is 72.0 Å². The number of rotatable bonds is 2. The van der Waals surface area contributed by atoms with Gasteiger partial charge in [0.25, 0.3) is 6.43 Å². The number of hydrogen-bond donors (Lipinski definition) is 2. The Morgan fingerprint density at radius 1 is 1.54 bits per heavy atom. The lowest BCUT2D eigenvalue weighted by molar-refractivity contribution is 0.141. The van der Waals surface area contributed by atoms with Gasteiger partial charge in [0, 0.05) is 0 Å². The van der Waals surface area contributed by atoms with Crippen molar-refractivity contribution >= 4 is 5.69 Å². The minimum Gasteiger partial charge on any atom is -0.395 e. The first-order chi connectivity index (χ1) is 6.07. The number of nitrogens with zero attached hydrogens (tertiary/aromatic N) is 1. The standard InChI is InChI=1S/C7H7F3N2O/c8-6-3(11)1-12-4(2-13)5(6)7(9)10/h1,7,13H,2,11H2. The normalized spacial score (nSPS) is 10.8. The van der Waals surface area contributed by atoms with Crippen molar-refractivity contribution in [2.75, 3.05) is 5.73 Å². The number of pyridine rings is 1. The van der Waals surface area contributed by atoms with Gasteiger partial charge < -0.3 is 10.8 Å². The Morgan fingerprint density at radius 2 is 2.15 bits per heavy atom. The molecule has 6 heteroatoms. The van der Waals surface area contributed by atoms with E-state index in [1.165, 1.54) is 0 Å². The van der Waals surface area contributed by atoms with E-state index < -0.39 is 30.1 Å². The molecule has 0 atom stereocenters. The maximum absolute atomic E-state index is 12.9. The highest BCUT2D eigenvalue weighted by atomic mass is 19.3. The van der Waals surface area contributed by atoms with Crippen LogP contribution < -0.4 is 5.73 Å². The molecule has 0 aliphatic rings. The van der Waals surface area contributed by atoms with Crippen molar-refractivity contribution in [2.45, 2.75) is 13.0 Å². The highest BCUT2D eigenvalue weighted by molar-refractivity contribution is 5.42. The third-order valence-corrected chi connectivity index (χ3v) is 1.53. The number of halogens is 3. The number of anilines is 1. The van der Waals surface area contributed by atoms with E-state index in [1.54, 1.807) is 0 Å². The summed E-state index contributed by atoms with van der Waals surface area (Å²) < 4.78 is 37.4. The molecule has 3 N–H and O–H groups in total. The maximum Gasteiger partial charge on any atom is 0.268 e. The molecular formula is C7H7F3N2O. The Hall–Kier alpha value is -1.30. The van der Waals surface area contributed by atoms with Crippen molar-refractivity contribution in [3.63, 3.8) is 0 Å². The minimum absolute atomic E-state index is 0.387. The summed E-state index contributed by atoms with van der Waals surface area (Å²) in [5.41, 5.74) is 3.26. The molecule has 1 heterocycles. The van der Waals surface area contributed by atoms with E-state index in [-0.39, 0.29) is 5.69 Å². The molecule has 3 nitrogen and oxygen atoms in total. The number of hydrogen-bond acceptors (Lipinski definition) is 3. The fourth-order valence-corrected chi connectivity index (χ4v) is 0.904. The SMILES string of the molecule is Nc1cnc(CO)c(C(F)F)c1F. The van der Waals surface area contributed by atoms with Crippen LogP contribution in [0.1, 0.15) is 17.7 Å². The van der Waals surface area contributed by atoms with Crippen molar-refractivity contribution in [3.05, 3.63) is 23.3 Å². The van der Waals surface area contributed by atoms with Crippen LogP contribution >= 0.6 is 0 Å². The van der Waals surface area contributed by atoms with Crippen molar-refractivity contribution < 1.29 is 18.3 Å². The van der Waals surface area contributed by atoms with E-state index in [0.29, 0.717) is 0 Å². The lowest BCUT2D eigenvalue weighted by Gasteiger charge is -2.07. The van der Waals surface area contributed by atoms with Gasteiger partial charge in [0.05, 0.1) is 29.7 Å². The molecule has 0 fully saturated rings. The van der Waals surface area contributed by atoms with Gasteiger partial charge in [-0.3, -0.25) is 4.98 Å². The Balaban J connectivity index is 3.32. The number of alkyl halides is 2. The summed E-state index contributed by atoms with van der Waals surface area (Å²) in [7, 11) is 0. The van der Waals surface area contributed by atoms with Crippen LogP contribution in [-0.2, 0) is 6.61 Å². The number of nitrogens with two attached hydrogens (primary N) is 1. The lowest BCUT2D eigenvalue weighted by Crippen LogP contribution is -2.05. The molecule has 0 aliphatic carbocycles. The molecule has 0 radical (unpaired) electrons. The second kappa shape index (κ2) is 3.61. The predicted molar refractivity (Wildman–Crippen MR) is 39.5 cm³/mol. The van der Waals surface area contributed by atoms with Gasteiger partial charge in [0.1, 0.15) is 0 Å². The topological polar surface area (TPSA) is 59.1 Å². The third-order valence-electron chi connectivity index (χ3n) is 1.53.